The molecule has 0 amide bonds. The topological polar surface area (TPSA) is 24.9 Å². The Balaban J connectivity index is 1.93. The van der Waals surface area contributed by atoms with Crippen LogP contribution >= 0.6 is 23.1 Å². The lowest BCUT2D eigenvalue weighted by Crippen LogP contribution is -1.94. The van der Waals surface area contributed by atoms with Crippen molar-refractivity contribution in [2.45, 2.75) is 17.6 Å². The van der Waals surface area contributed by atoms with E-state index in [2.05, 4.69) is 10.3 Å². The molecule has 0 unspecified atom stereocenters. The van der Waals surface area contributed by atoms with E-state index in [0.29, 0.717) is 0 Å². The highest BCUT2D eigenvalue weighted by atomic mass is 32.2. The molecular weight excluding hydrogens is 255 g/mol. The fourth-order valence-corrected chi connectivity index (χ4v) is 3.16. The van der Waals surface area contributed by atoms with E-state index >= 15 is 0 Å². The highest BCUT2D eigenvalue weighted by molar-refractivity contribution is 7.98. The third-order valence-electron chi connectivity index (χ3n) is 2.06. The van der Waals surface area contributed by atoms with Crippen LogP contribution in [0.15, 0.2) is 35.4 Å². The standard InChI is InChI=1S/C12H13FN2S2/c1-2-14-12-15-7-11(17-12)8-16-10-5-3-4-9(13)6-10/h3-7H,2,8H2,1H3,(H,14,15). The van der Waals surface area contributed by atoms with Gasteiger partial charge in [0, 0.05) is 28.3 Å². The summed E-state index contributed by atoms with van der Waals surface area (Å²) in [6.45, 7) is 2.92. The number of halogens is 1. The van der Waals surface area contributed by atoms with Crippen LogP contribution in [-0.2, 0) is 5.75 Å². The Labute approximate surface area is 108 Å². The normalized spacial score (nSPS) is 10.5. The van der Waals surface area contributed by atoms with E-state index in [1.165, 1.54) is 10.9 Å². The molecule has 2 aromatic rings. The minimum absolute atomic E-state index is 0.187. The van der Waals surface area contributed by atoms with Crippen LogP contribution in [0.5, 0.6) is 0 Å². The maximum atomic E-state index is 13.0. The zero-order valence-corrected chi connectivity index (χ0v) is 11.1. The molecule has 1 heterocycles. The summed E-state index contributed by atoms with van der Waals surface area (Å²) >= 11 is 3.27. The van der Waals surface area contributed by atoms with Gasteiger partial charge < -0.3 is 5.32 Å². The molecule has 0 spiro atoms. The van der Waals surface area contributed by atoms with Crippen molar-refractivity contribution in [3.8, 4) is 0 Å². The highest BCUT2D eigenvalue weighted by Gasteiger charge is 2.02. The van der Waals surface area contributed by atoms with E-state index in [1.807, 2.05) is 19.2 Å². The monoisotopic (exact) mass is 268 g/mol. The van der Waals surface area contributed by atoms with Crippen molar-refractivity contribution in [2.75, 3.05) is 11.9 Å². The van der Waals surface area contributed by atoms with Crippen LogP contribution in [0.4, 0.5) is 9.52 Å². The van der Waals surface area contributed by atoms with E-state index in [-0.39, 0.29) is 5.82 Å². The maximum Gasteiger partial charge on any atom is 0.182 e. The zero-order chi connectivity index (χ0) is 12.1. The number of aromatic nitrogens is 1. The van der Waals surface area contributed by atoms with Crippen molar-refractivity contribution in [2.24, 2.45) is 0 Å². The number of anilines is 1. The van der Waals surface area contributed by atoms with Gasteiger partial charge in [-0.25, -0.2) is 9.37 Å². The molecule has 0 fully saturated rings. The van der Waals surface area contributed by atoms with Gasteiger partial charge in [0.2, 0.25) is 0 Å². The van der Waals surface area contributed by atoms with Gasteiger partial charge in [0.15, 0.2) is 5.13 Å². The summed E-state index contributed by atoms with van der Waals surface area (Å²) in [7, 11) is 0. The molecule has 0 bridgehead atoms. The van der Waals surface area contributed by atoms with Gasteiger partial charge in [0.05, 0.1) is 0 Å². The molecule has 1 aromatic heterocycles. The second-order valence-corrected chi connectivity index (χ2v) is 5.57. The molecule has 17 heavy (non-hydrogen) atoms. The van der Waals surface area contributed by atoms with Gasteiger partial charge in [-0.1, -0.05) is 6.07 Å². The second kappa shape index (κ2) is 6.02. The third kappa shape index (κ3) is 3.71. The second-order valence-electron chi connectivity index (χ2n) is 3.41. The lowest BCUT2D eigenvalue weighted by Gasteiger charge is -1.99. The highest BCUT2D eigenvalue weighted by Crippen LogP contribution is 2.27. The Morgan fingerprint density at radius 2 is 2.35 bits per heavy atom. The van der Waals surface area contributed by atoms with Gasteiger partial charge in [0.1, 0.15) is 5.82 Å². The molecule has 2 nitrogen and oxygen atoms in total. The van der Waals surface area contributed by atoms with Crippen LogP contribution in [0.3, 0.4) is 0 Å². The average molecular weight is 268 g/mol. The van der Waals surface area contributed by atoms with Crippen LogP contribution in [0, 0.1) is 5.82 Å². The first-order valence-electron chi connectivity index (χ1n) is 5.35. The van der Waals surface area contributed by atoms with Crippen LogP contribution < -0.4 is 5.32 Å². The summed E-state index contributed by atoms with van der Waals surface area (Å²) in [6.07, 6.45) is 1.87. The Bertz CT molecular complexity index is 485. The number of hydrogen-bond acceptors (Lipinski definition) is 4. The predicted octanol–water partition coefficient (Wildman–Crippen LogP) is 4.01. The van der Waals surface area contributed by atoms with Gasteiger partial charge in [-0.15, -0.1) is 23.1 Å². The molecule has 1 aromatic carbocycles. The Morgan fingerprint density at radius 3 is 3.12 bits per heavy atom. The molecule has 0 atom stereocenters. The number of nitrogens with zero attached hydrogens (tertiary/aromatic N) is 1. The summed E-state index contributed by atoms with van der Waals surface area (Å²) in [5.41, 5.74) is 0. The summed E-state index contributed by atoms with van der Waals surface area (Å²) < 4.78 is 13.0. The maximum absolute atomic E-state index is 13.0. The van der Waals surface area contributed by atoms with Crippen molar-refractivity contribution >= 4 is 28.2 Å². The number of thiazole rings is 1. The smallest absolute Gasteiger partial charge is 0.182 e. The summed E-state index contributed by atoms with van der Waals surface area (Å²) in [5, 5.41) is 4.12. The van der Waals surface area contributed by atoms with E-state index < -0.39 is 0 Å². The van der Waals surface area contributed by atoms with Crippen LogP contribution in [0.2, 0.25) is 0 Å². The van der Waals surface area contributed by atoms with Crippen molar-refractivity contribution in [1.82, 2.24) is 4.98 Å². The van der Waals surface area contributed by atoms with Gasteiger partial charge >= 0.3 is 0 Å². The lowest BCUT2D eigenvalue weighted by molar-refractivity contribution is 0.624. The van der Waals surface area contributed by atoms with Gasteiger partial charge in [-0.05, 0) is 25.1 Å². The quantitative estimate of drug-likeness (QED) is 0.829. The number of hydrogen-bond donors (Lipinski definition) is 1. The molecule has 0 aliphatic rings. The van der Waals surface area contributed by atoms with Gasteiger partial charge in [-0.3, -0.25) is 0 Å². The minimum atomic E-state index is -0.187. The van der Waals surface area contributed by atoms with Crippen molar-refractivity contribution in [1.29, 1.82) is 0 Å². The first-order chi connectivity index (χ1) is 8.28. The van der Waals surface area contributed by atoms with Gasteiger partial charge in [-0.2, -0.15) is 0 Å². The summed E-state index contributed by atoms with van der Waals surface area (Å²) in [5.74, 6) is 0.639. The Kier molecular flexibility index (Phi) is 4.39. The van der Waals surface area contributed by atoms with Crippen molar-refractivity contribution in [3.63, 3.8) is 0 Å². The summed E-state index contributed by atoms with van der Waals surface area (Å²) in [6, 6.07) is 6.66. The van der Waals surface area contributed by atoms with E-state index in [1.54, 1.807) is 35.2 Å². The Hall–Kier alpha value is -1.07. The van der Waals surface area contributed by atoms with Crippen LogP contribution in [0.25, 0.3) is 0 Å². The number of thioether (sulfide) groups is 1. The number of benzene rings is 1. The van der Waals surface area contributed by atoms with Crippen LogP contribution in [0.1, 0.15) is 11.8 Å². The first kappa shape index (κ1) is 12.4. The zero-order valence-electron chi connectivity index (χ0n) is 9.44. The molecule has 2 rings (SSSR count). The number of nitrogens with one attached hydrogen (secondary N) is 1. The molecular formula is C12H13FN2S2. The Morgan fingerprint density at radius 1 is 1.47 bits per heavy atom. The van der Waals surface area contributed by atoms with Crippen molar-refractivity contribution in [3.05, 3.63) is 41.2 Å². The average Bonchev–Trinajstić information content (AvgIpc) is 2.75. The third-order valence-corrected chi connectivity index (χ3v) is 4.24. The molecule has 0 aliphatic heterocycles. The van der Waals surface area contributed by atoms with E-state index in [0.717, 1.165) is 22.3 Å². The van der Waals surface area contributed by atoms with Crippen molar-refractivity contribution < 1.29 is 4.39 Å². The molecule has 5 heteroatoms. The van der Waals surface area contributed by atoms with Gasteiger partial charge in [0.25, 0.3) is 0 Å². The summed E-state index contributed by atoms with van der Waals surface area (Å²) in [4.78, 5) is 6.39. The van der Waals surface area contributed by atoms with E-state index in [9.17, 15) is 4.39 Å². The predicted molar refractivity (Wildman–Crippen MR) is 72.2 cm³/mol. The molecule has 0 saturated heterocycles. The molecule has 1 N–H and O–H groups in total. The molecule has 0 radical (unpaired) electrons. The minimum Gasteiger partial charge on any atom is -0.362 e. The first-order valence-corrected chi connectivity index (χ1v) is 7.15. The molecule has 0 aliphatic carbocycles. The molecule has 0 saturated carbocycles. The largest absolute Gasteiger partial charge is 0.362 e. The molecule has 90 valence electrons. The fourth-order valence-electron chi connectivity index (χ4n) is 1.32. The van der Waals surface area contributed by atoms with Crippen LogP contribution in [-0.4, -0.2) is 11.5 Å². The number of rotatable bonds is 5. The fraction of sp³-hybridized carbons (Fsp3) is 0.250. The van der Waals surface area contributed by atoms with E-state index in [4.69, 9.17) is 0 Å². The SMILES string of the molecule is CCNc1ncc(CSc2cccc(F)c2)s1. The lowest BCUT2D eigenvalue weighted by atomic mass is 10.4.